The first-order valence-corrected chi connectivity index (χ1v) is 6.27. The van der Waals surface area contributed by atoms with E-state index in [0.29, 0.717) is 5.75 Å². The van der Waals surface area contributed by atoms with E-state index < -0.39 is 12.0 Å². The van der Waals surface area contributed by atoms with Crippen molar-refractivity contribution < 1.29 is 14.3 Å². The minimum atomic E-state index is -0.722. The first-order chi connectivity index (χ1) is 8.63. The van der Waals surface area contributed by atoms with Crippen LogP contribution in [0.4, 0.5) is 5.95 Å². The van der Waals surface area contributed by atoms with Crippen LogP contribution < -0.4 is 11.1 Å². The van der Waals surface area contributed by atoms with Gasteiger partial charge in [0.05, 0.1) is 12.9 Å². The maximum absolute atomic E-state index is 11.5. The molecule has 1 aromatic rings. The molecule has 0 spiro atoms. The molecule has 1 aromatic heterocycles. The van der Waals surface area contributed by atoms with Gasteiger partial charge in [0.1, 0.15) is 6.04 Å². The second-order valence-corrected chi connectivity index (χ2v) is 4.30. The molecule has 1 atom stereocenters. The summed E-state index contributed by atoms with van der Waals surface area (Å²) in [4.78, 5) is 30.2. The molecule has 0 aliphatic rings. The topological polar surface area (TPSA) is 107 Å². The summed E-state index contributed by atoms with van der Waals surface area (Å²) in [6.07, 6.45) is 3.06. The van der Waals surface area contributed by atoms with Crippen molar-refractivity contribution in [3.05, 3.63) is 18.5 Å². The number of rotatable bonds is 6. The van der Waals surface area contributed by atoms with Crippen molar-refractivity contribution in [1.82, 2.24) is 9.97 Å². The Kier molecular flexibility index (Phi) is 6.09. The first-order valence-electron chi connectivity index (χ1n) is 5.11. The predicted molar refractivity (Wildman–Crippen MR) is 68.0 cm³/mol. The number of carbonyl (C=O) groups is 2. The second kappa shape index (κ2) is 7.62. The largest absolute Gasteiger partial charge is 0.468 e. The van der Waals surface area contributed by atoms with Crippen molar-refractivity contribution in [2.75, 3.05) is 23.9 Å². The van der Waals surface area contributed by atoms with Crippen molar-refractivity contribution in [1.29, 1.82) is 0 Å². The van der Waals surface area contributed by atoms with E-state index in [2.05, 4.69) is 20.0 Å². The van der Waals surface area contributed by atoms with Crippen LogP contribution in [0.25, 0.3) is 0 Å². The summed E-state index contributed by atoms with van der Waals surface area (Å²) in [7, 11) is 1.27. The molecule has 0 saturated carbocycles. The fourth-order valence-electron chi connectivity index (χ4n) is 1.02. The van der Waals surface area contributed by atoms with E-state index in [4.69, 9.17) is 5.73 Å². The number of hydrogen-bond donors (Lipinski definition) is 2. The zero-order valence-corrected chi connectivity index (χ0v) is 10.6. The highest BCUT2D eigenvalue weighted by molar-refractivity contribution is 8.00. The molecule has 98 valence electrons. The van der Waals surface area contributed by atoms with Gasteiger partial charge in [0.2, 0.25) is 11.9 Å². The number of nitrogens with one attached hydrogen (secondary N) is 1. The van der Waals surface area contributed by atoms with Gasteiger partial charge in [-0.1, -0.05) is 0 Å². The maximum Gasteiger partial charge on any atom is 0.323 e. The Labute approximate surface area is 109 Å². The number of amides is 1. The zero-order chi connectivity index (χ0) is 13.4. The zero-order valence-electron chi connectivity index (χ0n) is 9.83. The van der Waals surface area contributed by atoms with Gasteiger partial charge >= 0.3 is 5.97 Å². The highest BCUT2D eigenvalue weighted by Gasteiger charge is 2.14. The van der Waals surface area contributed by atoms with Crippen LogP contribution >= 0.6 is 11.8 Å². The number of thioether (sulfide) groups is 1. The summed E-state index contributed by atoms with van der Waals surface area (Å²) in [5, 5.41) is 2.52. The predicted octanol–water partition coefficient (Wildman–Crippen LogP) is -0.351. The molecule has 0 bridgehead atoms. The van der Waals surface area contributed by atoms with Crippen molar-refractivity contribution in [3.8, 4) is 0 Å². The summed E-state index contributed by atoms with van der Waals surface area (Å²) < 4.78 is 4.47. The van der Waals surface area contributed by atoms with E-state index >= 15 is 0 Å². The first kappa shape index (κ1) is 14.4. The smallest absolute Gasteiger partial charge is 0.323 e. The van der Waals surface area contributed by atoms with E-state index in [1.807, 2.05) is 0 Å². The summed E-state index contributed by atoms with van der Waals surface area (Å²) >= 11 is 1.24. The third kappa shape index (κ3) is 5.11. The Bertz CT molecular complexity index is 401. The highest BCUT2D eigenvalue weighted by atomic mass is 32.2. The Hall–Kier alpha value is -1.67. The average Bonchev–Trinajstić information content (AvgIpc) is 2.38. The molecule has 1 amide bonds. The van der Waals surface area contributed by atoms with Gasteiger partial charge in [0.25, 0.3) is 0 Å². The van der Waals surface area contributed by atoms with Gasteiger partial charge < -0.3 is 10.5 Å². The number of methoxy groups -OCH3 is 1. The van der Waals surface area contributed by atoms with E-state index in [9.17, 15) is 9.59 Å². The maximum atomic E-state index is 11.5. The van der Waals surface area contributed by atoms with Crippen LogP contribution in [0.1, 0.15) is 0 Å². The lowest BCUT2D eigenvalue weighted by molar-refractivity contribution is -0.141. The number of hydrogen-bond acceptors (Lipinski definition) is 7. The normalized spacial score (nSPS) is 11.7. The van der Waals surface area contributed by atoms with Gasteiger partial charge in [-0.05, 0) is 6.07 Å². The molecule has 0 aliphatic heterocycles. The van der Waals surface area contributed by atoms with Crippen LogP contribution in [0.2, 0.25) is 0 Å². The second-order valence-electron chi connectivity index (χ2n) is 3.27. The highest BCUT2D eigenvalue weighted by Crippen LogP contribution is 2.04. The number of carbonyl (C=O) groups excluding carboxylic acids is 2. The molecule has 3 N–H and O–H groups in total. The molecular formula is C10H14N4O3S. The Morgan fingerprint density at radius 2 is 2.17 bits per heavy atom. The standard InChI is InChI=1S/C10H14N4O3S/c1-17-9(16)7(11)5-18-6-8(15)14-10-12-3-2-4-13-10/h2-4,7H,5-6,11H2,1H3,(H,12,13,14,15). The van der Waals surface area contributed by atoms with Crippen molar-refractivity contribution in [2.45, 2.75) is 6.04 Å². The van der Waals surface area contributed by atoms with Crippen molar-refractivity contribution >= 4 is 29.6 Å². The number of esters is 1. The lowest BCUT2D eigenvalue weighted by atomic mass is 10.4. The van der Waals surface area contributed by atoms with Gasteiger partial charge in [-0.25, -0.2) is 9.97 Å². The number of aromatic nitrogens is 2. The minimum absolute atomic E-state index is 0.170. The quantitative estimate of drug-likeness (QED) is 0.680. The van der Waals surface area contributed by atoms with E-state index in [0.717, 1.165) is 0 Å². The average molecular weight is 270 g/mol. The van der Waals surface area contributed by atoms with Crippen LogP contribution in [0.15, 0.2) is 18.5 Å². The lowest BCUT2D eigenvalue weighted by Crippen LogP contribution is -2.34. The Morgan fingerprint density at radius 3 is 2.78 bits per heavy atom. The SMILES string of the molecule is COC(=O)C(N)CSCC(=O)Nc1ncccn1. The number of nitrogens with two attached hydrogens (primary N) is 1. The third-order valence-electron chi connectivity index (χ3n) is 1.85. The van der Waals surface area contributed by atoms with Crippen LogP contribution in [0.3, 0.4) is 0 Å². The van der Waals surface area contributed by atoms with Crippen molar-refractivity contribution in [3.63, 3.8) is 0 Å². The molecule has 0 radical (unpaired) electrons. The molecule has 0 aromatic carbocycles. The molecular weight excluding hydrogens is 256 g/mol. The molecule has 1 unspecified atom stereocenters. The summed E-state index contributed by atoms with van der Waals surface area (Å²) in [5.74, 6) is -0.00321. The van der Waals surface area contributed by atoms with Gasteiger partial charge in [-0.2, -0.15) is 0 Å². The number of anilines is 1. The number of ether oxygens (including phenoxy) is 1. The molecule has 18 heavy (non-hydrogen) atoms. The van der Waals surface area contributed by atoms with E-state index in [1.54, 1.807) is 6.07 Å². The lowest BCUT2D eigenvalue weighted by Gasteiger charge is -2.08. The van der Waals surface area contributed by atoms with Gasteiger partial charge in [0, 0.05) is 18.1 Å². The fourth-order valence-corrected chi connectivity index (χ4v) is 1.79. The summed E-state index contributed by atoms with van der Waals surface area (Å²) in [6, 6.07) is 0.931. The monoisotopic (exact) mass is 270 g/mol. The van der Waals surface area contributed by atoms with Crippen molar-refractivity contribution in [2.24, 2.45) is 5.73 Å². The number of nitrogens with zero attached hydrogens (tertiary/aromatic N) is 2. The molecule has 7 nitrogen and oxygen atoms in total. The minimum Gasteiger partial charge on any atom is -0.468 e. The molecule has 1 heterocycles. The van der Waals surface area contributed by atoms with Crippen LogP contribution in [-0.4, -0.2) is 46.5 Å². The van der Waals surface area contributed by atoms with E-state index in [-0.39, 0.29) is 17.6 Å². The summed E-state index contributed by atoms with van der Waals surface area (Å²) in [5.41, 5.74) is 5.51. The van der Waals surface area contributed by atoms with Crippen LogP contribution in [-0.2, 0) is 14.3 Å². The van der Waals surface area contributed by atoms with Gasteiger partial charge in [-0.15, -0.1) is 11.8 Å². The molecule has 8 heteroatoms. The molecule has 0 saturated heterocycles. The Morgan fingerprint density at radius 1 is 1.50 bits per heavy atom. The van der Waals surface area contributed by atoms with Gasteiger partial charge in [-0.3, -0.25) is 14.9 Å². The Balaban J connectivity index is 2.24. The van der Waals surface area contributed by atoms with Gasteiger partial charge in [0.15, 0.2) is 0 Å². The summed E-state index contributed by atoms with van der Waals surface area (Å²) in [6.45, 7) is 0. The molecule has 0 aliphatic carbocycles. The van der Waals surface area contributed by atoms with Crippen LogP contribution in [0, 0.1) is 0 Å². The fraction of sp³-hybridized carbons (Fsp3) is 0.400. The molecule has 0 fully saturated rings. The van der Waals surface area contributed by atoms with Crippen LogP contribution in [0.5, 0.6) is 0 Å². The molecule has 1 rings (SSSR count). The van der Waals surface area contributed by atoms with E-state index in [1.165, 1.54) is 31.3 Å². The third-order valence-corrected chi connectivity index (χ3v) is 2.91.